The Bertz CT molecular complexity index is 505. The molecule has 1 aromatic carbocycles. The van der Waals surface area contributed by atoms with Crippen LogP contribution in [0.2, 0.25) is 5.02 Å². The van der Waals surface area contributed by atoms with Crippen LogP contribution in [0.25, 0.3) is 0 Å². The van der Waals surface area contributed by atoms with Gasteiger partial charge in [0, 0.05) is 0 Å². The van der Waals surface area contributed by atoms with E-state index in [2.05, 4.69) is 10.1 Å². The quantitative estimate of drug-likeness (QED) is 0.818. The van der Waals surface area contributed by atoms with Crippen LogP contribution in [0.1, 0.15) is 30.6 Å². The van der Waals surface area contributed by atoms with Gasteiger partial charge in [0.1, 0.15) is 0 Å². The fourth-order valence-corrected chi connectivity index (χ4v) is 1.76. The Labute approximate surface area is 123 Å². The van der Waals surface area contributed by atoms with E-state index in [0.29, 0.717) is 16.3 Å². The first-order valence-corrected chi connectivity index (χ1v) is 6.72. The topological polar surface area (TPSA) is 81.4 Å². The molecule has 0 bridgehead atoms. The van der Waals surface area contributed by atoms with E-state index >= 15 is 0 Å². The van der Waals surface area contributed by atoms with Gasteiger partial charge in [-0.1, -0.05) is 31.9 Å². The number of ether oxygens (including phenoxy) is 1. The summed E-state index contributed by atoms with van der Waals surface area (Å²) in [6.45, 7) is 3.86. The second-order valence-corrected chi connectivity index (χ2v) is 4.99. The molecule has 110 valence electrons. The van der Waals surface area contributed by atoms with Crippen LogP contribution in [0.5, 0.6) is 0 Å². The van der Waals surface area contributed by atoms with Crippen molar-refractivity contribution in [3.8, 4) is 0 Å². The van der Waals surface area contributed by atoms with E-state index in [1.807, 2.05) is 13.8 Å². The van der Waals surface area contributed by atoms with Crippen LogP contribution >= 0.6 is 11.6 Å². The molecule has 20 heavy (non-hydrogen) atoms. The van der Waals surface area contributed by atoms with Crippen molar-refractivity contribution >= 4 is 29.2 Å². The van der Waals surface area contributed by atoms with Gasteiger partial charge in [-0.2, -0.15) is 0 Å². The maximum Gasteiger partial charge on any atom is 0.337 e. The number of amides is 1. The van der Waals surface area contributed by atoms with Gasteiger partial charge in [-0.25, -0.2) is 4.79 Å². The average molecular weight is 299 g/mol. The minimum atomic E-state index is -0.627. The van der Waals surface area contributed by atoms with Crippen molar-refractivity contribution in [2.45, 2.75) is 26.3 Å². The Kier molecular flexibility index (Phi) is 5.98. The first-order valence-electron chi connectivity index (χ1n) is 6.35. The predicted molar refractivity (Wildman–Crippen MR) is 78.9 cm³/mol. The number of nitrogens with one attached hydrogen (secondary N) is 1. The zero-order valence-corrected chi connectivity index (χ0v) is 12.5. The molecule has 1 rings (SSSR count). The number of carbonyl (C=O) groups excluding carboxylic acids is 2. The number of carbonyl (C=O) groups is 2. The third-order valence-corrected chi connectivity index (χ3v) is 3.53. The third kappa shape index (κ3) is 3.95. The molecule has 3 N–H and O–H groups in total. The summed E-state index contributed by atoms with van der Waals surface area (Å²) in [4.78, 5) is 23.5. The SMILES string of the molecule is CC[C@H](C)[C@H](N)C(=O)Nc1cc(C(=O)OC)ccc1Cl. The molecule has 1 aromatic rings. The minimum absolute atomic E-state index is 0.0533. The van der Waals surface area contributed by atoms with Gasteiger partial charge in [0.2, 0.25) is 5.91 Å². The standard InChI is InChI=1S/C14H19ClN2O3/c1-4-8(2)12(16)13(18)17-11-7-9(14(19)20-3)5-6-10(11)15/h5-8,12H,4,16H2,1-3H3,(H,17,18)/t8-,12-/m0/s1. The van der Waals surface area contributed by atoms with Crippen LogP contribution in [0.4, 0.5) is 5.69 Å². The highest BCUT2D eigenvalue weighted by Crippen LogP contribution is 2.24. The number of anilines is 1. The summed E-state index contributed by atoms with van der Waals surface area (Å²) in [7, 11) is 1.29. The van der Waals surface area contributed by atoms with Gasteiger partial charge < -0.3 is 15.8 Å². The molecule has 0 saturated heterocycles. The fraction of sp³-hybridized carbons (Fsp3) is 0.429. The molecular formula is C14H19ClN2O3. The fourth-order valence-electron chi connectivity index (χ4n) is 1.59. The van der Waals surface area contributed by atoms with E-state index in [1.165, 1.54) is 25.3 Å². The molecule has 6 heteroatoms. The largest absolute Gasteiger partial charge is 0.465 e. The molecule has 0 aromatic heterocycles. The normalized spacial score (nSPS) is 13.4. The van der Waals surface area contributed by atoms with Crippen LogP contribution < -0.4 is 11.1 Å². The second kappa shape index (κ2) is 7.26. The van der Waals surface area contributed by atoms with Crippen LogP contribution in [-0.2, 0) is 9.53 Å². The molecule has 0 aliphatic heterocycles. The predicted octanol–water partition coefficient (Wildman–Crippen LogP) is 2.44. The monoisotopic (exact) mass is 298 g/mol. The highest BCUT2D eigenvalue weighted by atomic mass is 35.5. The Morgan fingerprint density at radius 2 is 2.10 bits per heavy atom. The lowest BCUT2D eigenvalue weighted by atomic mass is 9.99. The molecule has 1 amide bonds. The molecular weight excluding hydrogens is 280 g/mol. The van der Waals surface area contributed by atoms with E-state index in [0.717, 1.165) is 6.42 Å². The van der Waals surface area contributed by atoms with Crippen LogP contribution in [0, 0.1) is 5.92 Å². The summed E-state index contributed by atoms with van der Waals surface area (Å²) >= 11 is 6.00. The highest BCUT2D eigenvalue weighted by molar-refractivity contribution is 6.34. The zero-order valence-electron chi connectivity index (χ0n) is 11.8. The molecule has 0 radical (unpaired) electrons. The Balaban J connectivity index is 2.91. The van der Waals surface area contributed by atoms with Gasteiger partial charge in [-0.05, 0) is 24.1 Å². The lowest BCUT2D eigenvalue weighted by molar-refractivity contribution is -0.118. The molecule has 0 aliphatic rings. The highest BCUT2D eigenvalue weighted by Gasteiger charge is 2.20. The van der Waals surface area contributed by atoms with Crippen LogP contribution in [0.15, 0.2) is 18.2 Å². The molecule has 0 spiro atoms. The summed E-state index contributed by atoms with van der Waals surface area (Å²) in [5.74, 6) is -0.774. The number of benzene rings is 1. The Hall–Kier alpha value is -1.59. The molecule has 0 aliphatic carbocycles. The summed E-state index contributed by atoms with van der Waals surface area (Å²) < 4.78 is 4.62. The van der Waals surface area contributed by atoms with Crippen molar-refractivity contribution in [3.63, 3.8) is 0 Å². The maximum atomic E-state index is 12.0. The average Bonchev–Trinajstić information content (AvgIpc) is 2.46. The van der Waals surface area contributed by atoms with Gasteiger partial charge in [-0.15, -0.1) is 0 Å². The molecule has 5 nitrogen and oxygen atoms in total. The number of hydrogen-bond donors (Lipinski definition) is 2. The van der Waals surface area contributed by atoms with E-state index in [4.69, 9.17) is 17.3 Å². The number of rotatable bonds is 5. The molecule has 0 fully saturated rings. The van der Waals surface area contributed by atoms with Gasteiger partial charge in [-0.3, -0.25) is 4.79 Å². The number of esters is 1. The van der Waals surface area contributed by atoms with Crippen molar-refractivity contribution in [2.24, 2.45) is 11.7 Å². The number of methoxy groups -OCH3 is 1. The van der Waals surface area contributed by atoms with E-state index in [1.54, 1.807) is 0 Å². The number of nitrogens with two attached hydrogens (primary N) is 1. The number of hydrogen-bond acceptors (Lipinski definition) is 4. The van der Waals surface area contributed by atoms with E-state index in [-0.39, 0.29) is 11.8 Å². The first kappa shape index (κ1) is 16.5. The van der Waals surface area contributed by atoms with E-state index < -0.39 is 12.0 Å². The van der Waals surface area contributed by atoms with Crippen molar-refractivity contribution in [1.82, 2.24) is 0 Å². The smallest absolute Gasteiger partial charge is 0.337 e. The Morgan fingerprint density at radius 3 is 2.65 bits per heavy atom. The summed E-state index contributed by atoms with van der Waals surface area (Å²) in [5.41, 5.74) is 6.50. The summed E-state index contributed by atoms with van der Waals surface area (Å²) in [5, 5.41) is 2.98. The second-order valence-electron chi connectivity index (χ2n) is 4.59. The number of halogens is 1. The van der Waals surface area contributed by atoms with Crippen molar-refractivity contribution in [3.05, 3.63) is 28.8 Å². The van der Waals surface area contributed by atoms with Crippen molar-refractivity contribution in [1.29, 1.82) is 0 Å². The molecule has 0 unspecified atom stereocenters. The van der Waals surface area contributed by atoms with Gasteiger partial charge in [0.25, 0.3) is 0 Å². The van der Waals surface area contributed by atoms with Crippen molar-refractivity contribution in [2.75, 3.05) is 12.4 Å². The lowest BCUT2D eigenvalue weighted by Gasteiger charge is -2.18. The Morgan fingerprint density at radius 1 is 1.45 bits per heavy atom. The van der Waals surface area contributed by atoms with E-state index in [9.17, 15) is 9.59 Å². The van der Waals surface area contributed by atoms with Gasteiger partial charge in [0.05, 0.1) is 29.4 Å². The molecule has 2 atom stereocenters. The summed E-state index contributed by atoms with van der Waals surface area (Å²) in [6, 6.07) is 3.89. The maximum absolute atomic E-state index is 12.0. The van der Waals surface area contributed by atoms with Crippen LogP contribution in [-0.4, -0.2) is 25.0 Å². The van der Waals surface area contributed by atoms with Gasteiger partial charge in [0.15, 0.2) is 0 Å². The van der Waals surface area contributed by atoms with Gasteiger partial charge >= 0.3 is 5.97 Å². The zero-order chi connectivity index (χ0) is 15.3. The van der Waals surface area contributed by atoms with Crippen LogP contribution in [0.3, 0.4) is 0 Å². The minimum Gasteiger partial charge on any atom is -0.465 e. The lowest BCUT2D eigenvalue weighted by Crippen LogP contribution is -2.40. The molecule has 0 heterocycles. The van der Waals surface area contributed by atoms with Crippen molar-refractivity contribution < 1.29 is 14.3 Å². The third-order valence-electron chi connectivity index (χ3n) is 3.21. The molecule has 0 saturated carbocycles. The summed E-state index contributed by atoms with van der Waals surface area (Å²) in [6.07, 6.45) is 0.796. The first-order chi connectivity index (χ1) is 9.40.